The van der Waals surface area contributed by atoms with E-state index in [4.69, 9.17) is 14.6 Å². The second kappa shape index (κ2) is 15.9. The number of rotatable bonds is 13. The molecule has 1 fully saturated rings. The summed E-state index contributed by atoms with van der Waals surface area (Å²) in [4.78, 5) is 24.1. The molecule has 0 aromatic heterocycles. The predicted octanol–water partition coefficient (Wildman–Crippen LogP) is 7.30. The Morgan fingerprint density at radius 1 is 0.800 bits per heavy atom. The zero-order valence-corrected chi connectivity index (χ0v) is 26.1. The van der Waals surface area contributed by atoms with Gasteiger partial charge in [0, 0.05) is 41.5 Å². The molecule has 1 saturated heterocycles. The molecule has 0 spiro atoms. The Hall–Kier alpha value is -3.95. The highest BCUT2D eigenvalue weighted by molar-refractivity contribution is 7.99. The van der Waals surface area contributed by atoms with Gasteiger partial charge in [0.2, 0.25) is 5.91 Å². The van der Waals surface area contributed by atoms with Crippen molar-refractivity contribution in [3.05, 3.63) is 125 Å². The molecule has 4 aromatic rings. The average Bonchev–Trinajstić information content (AvgIpc) is 3.07. The second-order valence-corrected chi connectivity index (χ2v) is 12.4. The third-order valence-electron chi connectivity index (χ3n) is 7.98. The summed E-state index contributed by atoms with van der Waals surface area (Å²) < 4.78 is 13.3. The van der Waals surface area contributed by atoms with Crippen molar-refractivity contribution in [3.63, 3.8) is 0 Å². The number of nitrogens with one attached hydrogen (secondary N) is 1. The maximum Gasteiger partial charge on any atom is 0.303 e. The Balaban J connectivity index is 1.33. The lowest BCUT2D eigenvalue weighted by molar-refractivity contribution is -0.268. The molecule has 45 heavy (non-hydrogen) atoms. The molecule has 0 bridgehead atoms. The van der Waals surface area contributed by atoms with E-state index in [1.807, 2.05) is 84.9 Å². The van der Waals surface area contributed by atoms with Gasteiger partial charge < -0.3 is 25.0 Å². The maximum absolute atomic E-state index is 12.2. The Morgan fingerprint density at radius 2 is 1.53 bits per heavy atom. The number of hydrogen-bond donors (Lipinski definition) is 3. The number of carbonyl (C=O) groups excluding carboxylic acids is 1. The van der Waals surface area contributed by atoms with Crippen LogP contribution in [0.15, 0.2) is 108 Å². The second-order valence-electron chi connectivity index (χ2n) is 11.3. The van der Waals surface area contributed by atoms with E-state index in [1.54, 1.807) is 11.8 Å². The molecule has 1 heterocycles. The van der Waals surface area contributed by atoms with E-state index in [2.05, 4.69) is 30.4 Å². The first-order valence-electron chi connectivity index (χ1n) is 15.3. The van der Waals surface area contributed by atoms with Gasteiger partial charge >= 0.3 is 5.97 Å². The summed E-state index contributed by atoms with van der Waals surface area (Å²) in [5.74, 6) is -0.188. The lowest BCUT2D eigenvalue weighted by Crippen LogP contribution is -2.38. The Bertz CT molecular complexity index is 1560. The molecule has 1 amide bonds. The van der Waals surface area contributed by atoms with Crippen LogP contribution >= 0.6 is 11.8 Å². The summed E-state index contributed by atoms with van der Waals surface area (Å²) >= 11 is 1.78. The van der Waals surface area contributed by atoms with Crippen molar-refractivity contribution < 1.29 is 29.3 Å². The van der Waals surface area contributed by atoms with Crippen molar-refractivity contribution in [1.82, 2.24) is 5.32 Å². The van der Waals surface area contributed by atoms with Crippen LogP contribution in [0.2, 0.25) is 0 Å². The smallest absolute Gasteiger partial charge is 0.303 e. The average molecular weight is 626 g/mol. The molecule has 4 atom stereocenters. The Morgan fingerprint density at radius 3 is 2.27 bits per heavy atom. The number of carboxylic acids is 1. The highest BCUT2D eigenvalue weighted by Crippen LogP contribution is 2.43. The van der Waals surface area contributed by atoms with Crippen molar-refractivity contribution in [3.8, 4) is 11.1 Å². The van der Waals surface area contributed by atoms with Crippen LogP contribution in [0, 0.1) is 5.92 Å². The van der Waals surface area contributed by atoms with Crippen LogP contribution in [-0.2, 0) is 32.2 Å². The first kappa shape index (κ1) is 32.4. The number of aliphatic hydroxyl groups excluding tert-OH is 1. The summed E-state index contributed by atoms with van der Waals surface area (Å²) in [6, 6.07) is 34.4. The van der Waals surface area contributed by atoms with Gasteiger partial charge in [-0.25, -0.2) is 0 Å². The molecule has 8 heteroatoms. The van der Waals surface area contributed by atoms with E-state index in [0.29, 0.717) is 13.0 Å². The molecule has 4 aromatic carbocycles. The van der Waals surface area contributed by atoms with E-state index in [1.165, 1.54) is 4.90 Å². The first-order valence-corrected chi connectivity index (χ1v) is 16.2. The molecule has 0 saturated carbocycles. The summed E-state index contributed by atoms with van der Waals surface area (Å²) in [5.41, 5.74) is 5.80. The first-order chi connectivity index (χ1) is 21.9. The van der Waals surface area contributed by atoms with E-state index >= 15 is 0 Å². The molecular formula is C37H39NO6S. The molecule has 0 unspecified atom stereocenters. The largest absolute Gasteiger partial charge is 0.481 e. The van der Waals surface area contributed by atoms with Gasteiger partial charge in [-0.15, -0.1) is 11.8 Å². The molecular weight excluding hydrogens is 586 g/mol. The quantitative estimate of drug-likeness (QED) is 0.134. The molecule has 0 radical (unpaired) electrons. The predicted molar refractivity (Wildman–Crippen MR) is 175 cm³/mol. The number of benzene rings is 4. The van der Waals surface area contributed by atoms with Crippen LogP contribution in [0.3, 0.4) is 0 Å². The number of ether oxygens (including phenoxy) is 2. The van der Waals surface area contributed by atoms with Crippen molar-refractivity contribution >= 4 is 23.6 Å². The van der Waals surface area contributed by atoms with Crippen LogP contribution in [-0.4, -0.2) is 33.9 Å². The zero-order valence-electron chi connectivity index (χ0n) is 25.3. The Labute approximate surface area is 268 Å². The standard InChI is InChI=1S/C37H39NO6S/c1-25-33(24-45-32-12-3-2-4-13-32)43-37(44-36(25)28-18-16-26(23-39)17-19-28)31-11-6-10-30(21-31)29-9-5-8-27(20-29)22-38-34(40)14-7-15-35(41)42/h2-6,8-13,16-21,25,33,36-37,39H,7,14-15,22-24H2,1H3,(H,38,40)(H,41,42)/t25-,33+,36+,37+/m0/s1. The number of amides is 1. The summed E-state index contributed by atoms with van der Waals surface area (Å²) in [6.07, 6.45) is -0.343. The number of carbonyl (C=O) groups is 2. The minimum Gasteiger partial charge on any atom is -0.481 e. The summed E-state index contributed by atoms with van der Waals surface area (Å²) in [5, 5.41) is 21.2. The van der Waals surface area contributed by atoms with Crippen LogP contribution < -0.4 is 5.32 Å². The normalized spacial score (nSPS) is 19.6. The van der Waals surface area contributed by atoms with Crippen molar-refractivity contribution in [2.24, 2.45) is 5.92 Å². The lowest BCUT2D eigenvalue weighted by Gasteiger charge is -2.41. The number of carboxylic acid groups (broad SMARTS) is 1. The molecule has 1 aliphatic rings. The summed E-state index contributed by atoms with van der Waals surface area (Å²) in [7, 11) is 0. The van der Waals surface area contributed by atoms with Gasteiger partial charge in [-0.3, -0.25) is 9.59 Å². The number of hydrogen-bond acceptors (Lipinski definition) is 6. The molecule has 5 rings (SSSR count). The SMILES string of the molecule is C[C@H]1[C@@H](CSc2ccccc2)O[C@@H](c2cccc(-c3cccc(CNC(=O)CCCC(=O)O)c3)c2)O[C@H]1c1ccc(CO)cc1. The Kier molecular flexibility index (Phi) is 11.4. The van der Waals surface area contributed by atoms with E-state index in [9.17, 15) is 14.7 Å². The van der Waals surface area contributed by atoms with Gasteiger partial charge in [-0.05, 0) is 58.5 Å². The fraction of sp³-hybridized carbons (Fsp3) is 0.297. The monoisotopic (exact) mass is 625 g/mol. The number of thioether (sulfide) groups is 1. The third-order valence-corrected chi connectivity index (χ3v) is 9.08. The third kappa shape index (κ3) is 9.05. The van der Waals surface area contributed by atoms with Crippen LogP contribution in [0.1, 0.15) is 60.8 Å². The molecule has 234 valence electrons. The lowest BCUT2D eigenvalue weighted by atomic mass is 9.91. The van der Waals surface area contributed by atoms with Gasteiger partial charge in [0.25, 0.3) is 0 Å². The summed E-state index contributed by atoms with van der Waals surface area (Å²) in [6.45, 7) is 2.53. The fourth-order valence-electron chi connectivity index (χ4n) is 5.42. The zero-order chi connectivity index (χ0) is 31.6. The minimum atomic E-state index is -0.898. The van der Waals surface area contributed by atoms with Gasteiger partial charge in [0.1, 0.15) is 0 Å². The van der Waals surface area contributed by atoms with Gasteiger partial charge in [-0.1, -0.05) is 85.8 Å². The highest BCUT2D eigenvalue weighted by Gasteiger charge is 2.38. The van der Waals surface area contributed by atoms with Crippen LogP contribution in [0.4, 0.5) is 0 Å². The highest BCUT2D eigenvalue weighted by atomic mass is 32.2. The van der Waals surface area contributed by atoms with Gasteiger partial charge in [0.15, 0.2) is 6.29 Å². The molecule has 0 aliphatic carbocycles. The van der Waals surface area contributed by atoms with Gasteiger partial charge in [0.05, 0.1) is 18.8 Å². The van der Waals surface area contributed by atoms with Crippen LogP contribution in [0.25, 0.3) is 11.1 Å². The topological polar surface area (TPSA) is 105 Å². The molecule has 7 nitrogen and oxygen atoms in total. The van der Waals surface area contributed by atoms with Crippen molar-refractivity contribution in [2.45, 2.75) is 62.7 Å². The van der Waals surface area contributed by atoms with E-state index in [-0.39, 0.29) is 43.5 Å². The fourth-order valence-corrected chi connectivity index (χ4v) is 6.51. The van der Waals surface area contributed by atoms with E-state index in [0.717, 1.165) is 39.1 Å². The van der Waals surface area contributed by atoms with Crippen LogP contribution in [0.5, 0.6) is 0 Å². The van der Waals surface area contributed by atoms with Crippen molar-refractivity contribution in [1.29, 1.82) is 0 Å². The molecule has 1 aliphatic heterocycles. The van der Waals surface area contributed by atoms with E-state index < -0.39 is 12.3 Å². The maximum atomic E-state index is 12.2. The number of aliphatic carboxylic acids is 1. The number of aliphatic hydroxyl groups is 1. The van der Waals surface area contributed by atoms with Crippen molar-refractivity contribution in [2.75, 3.05) is 5.75 Å². The minimum absolute atomic E-state index is 0.00338. The molecule has 3 N–H and O–H groups in total. The van der Waals surface area contributed by atoms with Gasteiger partial charge in [-0.2, -0.15) is 0 Å².